The Morgan fingerprint density at radius 2 is 1.61 bits per heavy atom. The maximum atomic E-state index is 12.0. The van der Waals surface area contributed by atoms with Gasteiger partial charge in [0, 0.05) is 28.3 Å². The van der Waals surface area contributed by atoms with Gasteiger partial charge >= 0.3 is 5.97 Å². The van der Waals surface area contributed by atoms with Crippen LogP contribution in [0, 0.1) is 0 Å². The highest BCUT2D eigenvalue weighted by molar-refractivity contribution is 7.99. The van der Waals surface area contributed by atoms with Gasteiger partial charge in [0.1, 0.15) is 0 Å². The lowest BCUT2D eigenvalue weighted by molar-refractivity contribution is -0.245. The number of carboxylic acids is 1. The number of aliphatic hydroxyl groups is 1. The topological polar surface area (TPSA) is 105 Å². The standard InChI is InChI=1S/C27H24Cl3NO6S/c28-27(29,30)26(35)31-19-11-9-18(10-12-19)25-36-20(15-38-23-4-2-1-3-21(23)24(33)34)13-22(37-25)17-7-5-16(14-32)6-8-17/h1-12,20,22,25,32H,13-15H2,(H,31,35)(H,33,34)/t20-,22+,25+/m0/s1. The van der Waals surface area contributed by atoms with E-state index in [1.54, 1.807) is 48.5 Å². The maximum Gasteiger partial charge on any atom is 0.336 e. The van der Waals surface area contributed by atoms with Gasteiger partial charge in [-0.15, -0.1) is 11.8 Å². The molecule has 0 unspecified atom stereocenters. The number of halogens is 3. The minimum Gasteiger partial charge on any atom is -0.478 e. The molecule has 4 rings (SSSR count). The summed E-state index contributed by atoms with van der Waals surface area (Å²) in [5.41, 5.74) is 3.12. The Bertz CT molecular complexity index is 1270. The van der Waals surface area contributed by atoms with E-state index in [9.17, 15) is 19.8 Å². The van der Waals surface area contributed by atoms with Crippen LogP contribution in [0.15, 0.2) is 77.7 Å². The van der Waals surface area contributed by atoms with Crippen molar-refractivity contribution in [3.63, 3.8) is 0 Å². The number of rotatable bonds is 8. The number of carbonyl (C=O) groups excluding carboxylic acids is 1. The normalized spacial score (nSPS) is 19.6. The van der Waals surface area contributed by atoms with Crippen LogP contribution in [-0.2, 0) is 20.9 Å². The second-order valence-corrected chi connectivity index (χ2v) is 11.9. The predicted octanol–water partition coefficient (Wildman–Crippen LogP) is 6.52. The number of nitrogens with one attached hydrogen (secondary N) is 1. The van der Waals surface area contributed by atoms with Gasteiger partial charge in [-0.2, -0.15) is 0 Å². The molecule has 0 saturated carbocycles. The fraction of sp³-hybridized carbons (Fsp3) is 0.259. The van der Waals surface area contributed by atoms with Crippen LogP contribution in [-0.4, -0.2) is 37.7 Å². The number of carboxylic acid groups (broad SMARTS) is 1. The molecule has 0 aromatic heterocycles. The van der Waals surface area contributed by atoms with Crippen molar-refractivity contribution in [1.82, 2.24) is 0 Å². The summed E-state index contributed by atoms with van der Waals surface area (Å²) in [5.74, 6) is -1.25. The number of thioether (sulfide) groups is 1. The first kappa shape index (κ1) is 28.7. The number of ether oxygens (including phenoxy) is 2. The first-order valence-electron chi connectivity index (χ1n) is 11.6. The van der Waals surface area contributed by atoms with E-state index in [2.05, 4.69) is 5.32 Å². The van der Waals surface area contributed by atoms with Gasteiger partial charge < -0.3 is 25.0 Å². The van der Waals surface area contributed by atoms with Crippen molar-refractivity contribution in [2.24, 2.45) is 0 Å². The summed E-state index contributed by atoms with van der Waals surface area (Å²) in [5, 5.41) is 21.4. The summed E-state index contributed by atoms with van der Waals surface area (Å²) in [7, 11) is 0. The van der Waals surface area contributed by atoms with Crippen molar-refractivity contribution in [2.75, 3.05) is 11.1 Å². The Hall–Kier alpha value is -2.30. The van der Waals surface area contributed by atoms with Gasteiger partial charge in [0.2, 0.25) is 0 Å². The van der Waals surface area contributed by atoms with Crippen LogP contribution in [0.25, 0.3) is 0 Å². The molecule has 1 aliphatic heterocycles. The number of aromatic carboxylic acids is 1. The SMILES string of the molecule is O=C(O)c1ccccc1SC[C@@H]1C[C@H](c2ccc(CO)cc2)O[C@H](c2ccc(NC(=O)C(Cl)(Cl)Cl)cc2)O1. The van der Waals surface area contributed by atoms with Crippen molar-refractivity contribution in [2.45, 2.75) is 40.2 Å². The molecule has 3 aromatic carbocycles. The molecule has 1 fully saturated rings. The van der Waals surface area contributed by atoms with Gasteiger partial charge in [-0.1, -0.05) is 83.3 Å². The van der Waals surface area contributed by atoms with Crippen LogP contribution < -0.4 is 5.32 Å². The molecular weight excluding hydrogens is 573 g/mol. The summed E-state index contributed by atoms with van der Waals surface area (Å²) in [6.07, 6.45) is -0.726. The van der Waals surface area contributed by atoms with E-state index in [1.165, 1.54) is 11.8 Å². The van der Waals surface area contributed by atoms with E-state index in [0.29, 0.717) is 22.8 Å². The number of anilines is 1. The summed E-state index contributed by atoms with van der Waals surface area (Å²) < 4.78 is 10.5. The number of hydrogen-bond acceptors (Lipinski definition) is 6. The minimum absolute atomic E-state index is 0.0546. The predicted molar refractivity (Wildman–Crippen MR) is 148 cm³/mol. The van der Waals surface area contributed by atoms with Crippen molar-refractivity contribution >= 4 is 64.1 Å². The van der Waals surface area contributed by atoms with Crippen LogP contribution in [0.2, 0.25) is 0 Å². The first-order chi connectivity index (χ1) is 18.1. The molecule has 1 aliphatic rings. The van der Waals surface area contributed by atoms with Crippen LogP contribution in [0.5, 0.6) is 0 Å². The molecule has 1 saturated heterocycles. The number of benzene rings is 3. The fourth-order valence-corrected chi connectivity index (χ4v) is 5.11. The molecular formula is C27H24Cl3NO6S. The molecule has 0 aliphatic carbocycles. The zero-order chi connectivity index (χ0) is 27.3. The average molecular weight is 597 g/mol. The van der Waals surface area contributed by atoms with Crippen molar-refractivity contribution in [1.29, 1.82) is 0 Å². The van der Waals surface area contributed by atoms with Gasteiger partial charge in [-0.05, 0) is 35.4 Å². The molecule has 3 atom stereocenters. The molecule has 0 spiro atoms. The Balaban J connectivity index is 1.53. The van der Waals surface area contributed by atoms with E-state index in [1.807, 2.05) is 24.3 Å². The Labute approximate surface area is 239 Å². The molecule has 38 heavy (non-hydrogen) atoms. The zero-order valence-corrected chi connectivity index (χ0v) is 22.9. The number of carbonyl (C=O) groups is 2. The number of aliphatic hydroxyl groups excluding tert-OH is 1. The van der Waals surface area contributed by atoms with E-state index in [4.69, 9.17) is 44.3 Å². The Kier molecular flexibility index (Phi) is 9.59. The lowest BCUT2D eigenvalue weighted by Crippen LogP contribution is -2.31. The fourth-order valence-electron chi connectivity index (χ4n) is 3.90. The highest BCUT2D eigenvalue weighted by Gasteiger charge is 2.33. The van der Waals surface area contributed by atoms with Crippen LogP contribution in [0.1, 0.15) is 45.9 Å². The largest absolute Gasteiger partial charge is 0.478 e. The highest BCUT2D eigenvalue weighted by Crippen LogP contribution is 2.40. The quantitative estimate of drug-likeness (QED) is 0.201. The molecule has 3 N–H and O–H groups in total. The van der Waals surface area contributed by atoms with Crippen LogP contribution in [0.3, 0.4) is 0 Å². The molecule has 1 amide bonds. The molecule has 7 nitrogen and oxygen atoms in total. The second-order valence-electron chi connectivity index (χ2n) is 8.54. The van der Waals surface area contributed by atoms with Gasteiger partial charge in [-0.25, -0.2) is 4.79 Å². The van der Waals surface area contributed by atoms with Gasteiger partial charge in [0.25, 0.3) is 9.70 Å². The molecule has 0 bridgehead atoms. The zero-order valence-electron chi connectivity index (χ0n) is 19.9. The molecule has 1 heterocycles. The Morgan fingerprint density at radius 1 is 0.947 bits per heavy atom. The van der Waals surface area contributed by atoms with Gasteiger partial charge in [0.05, 0.1) is 24.4 Å². The van der Waals surface area contributed by atoms with Gasteiger partial charge in [-0.3, -0.25) is 4.79 Å². The second kappa shape index (κ2) is 12.7. The number of hydrogen-bond donors (Lipinski definition) is 3. The summed E-state index contributed by atoms with van der Waals surface area (Å²) in [6.45, 7) is -0.0546. The summed E-state index contributed by atoms with van der Waals surface area (Å²) in [6, 6.07) is 21.2. The minimum atomic E-state index is -2.09. The summed E-state index contributed by atoms with van der Waals surface area (Å²) >= 11 is 18.3. The van der Waals surface area contributed by atoms with Crippen molar-refractivity contribution < 1.29 is 29.3 Å². The van der Waals surface area contributed by atoms with E-state index < -0.39 is 22.0 Å². The van der Waals surface area contributed by atoms with E-state index in [0.717, 1.165) is 16.7 Å². The molecule has 3 aromatic rings. The molecule has 200 valence electrons. The molecule has 11 heteroatoms. The van der Waals surface area contributed by atoms with Crippen LogP contribution in [0.4, 0.5) is 5.69 Å². The third-order valence-corrected chi connectivity index (χ3v) is 7.58. The van der Waals surface area contributed by atoms with E-state index >= 15 is 0 Å². The number of amides is 1. The smallest absolute Gasteiger partial charge is 0.336 e. The summed E-state index contributed by atoms with van der Waals surface area (Å²) in [4.78, 5) is 24.2. The first-order valence-corrected chi connectivity index (χ1v) is 13.7. The lowest BCUT2D eigenvalue weighted by atomic mass is 10.0. The van der Waals surface area contributed by atoms with E-state index in [-0.39, 0.29) is 24.4 Å². The third-order valence-electron chi connectivity index (χ3n) is 5.86. The Morgan fingerprint density at radius 3 is 2.24 bits per heavy atom. The molecule has 0 radical (unpaired) electrons. The monoisotopic (exact) mass is 595 g/mol. The van der Waals surface area contributed by atoms with Crippen molar-refractivity contribution in [3.8, 4) is 0 Å². The maximum absolute atomic E-state index is 12.0. The highest BCUT2D eigenvalue weighted by atomic mass is 35.6. The van der Waals surface area contributed by atoms with Crippen molar-refractivity contribution in [3.05, 3.63) is 95.1 Å². The van der Waals surface area contributed by atoms with Gasteiger partial charge in [0.15, 0.2) is 6.29 Å². The van der Waals surface area contributed by atoms with Crippen LogP contribution >= 0.6 is 46.6 Å². The third kappa shape index (κ3) is 7.42. The average Bonchev–Trinajstić information content (AvgIpc) is 2.91. The number of alkyl halides is 3. The lowest BCUT2D eigenvalue weighted by Gasteiger charge is -2.36.